The average molecular weight is 269 g/mol. The van der Waals surface area contributed by atoms with E-state index in [-0.39, 0.29) is 11.1 Å². The molecule has 0 heterocycles. The maximum Gasteiger partial charge on any atom is 0.256 e. The lowest BCUT2D eigenvalue weighted by Gasteiger charge is -2.15. The summed E-state index contributed by atoms with van der Waals surface area (Å²) < 4.78 is 0. The van der Waals surface area contributed by atoms with Crippen molar-refractivity contribution in [2.45, 2.75) is 20.8 Å². The Bertz CT molecular complexity index is 201. The minimum atomic E-state index is -0.500. The van der Waals surface area contributed by atoms with E-state index in [2.05, 4.69) is 35.9 Å². The first-order valence-electron chi connectivity index (χ1n) is 4.41. The third-order valence-corrected chi connectivity index (χ3v) is 1.29. The minimum Gasteiger partial charge on any atom is -0.487 e. The summed E-state index contributed by atoms with van der Waals surface area (Å²) in [5, 5.41) is 15.7. The van der Waals surface area contributed by atoms with E-state index in [9.17, 15) is 4.79 Å². The predicted octanol–water partition coefficient (Wildman–Crippen LogP) is 0.451. The highest BCUT2D eigenvalue weighted by molar-refractivity contribution is 7.80. The zero-order chi connectivity index (χ0) is 13.7. The quantitative estimate of drug-likeness (QED) is 0.538. The van der Waals surface area contributed by atoms with E-state index < -0.39 is 5.17 Å². The van der Waals surface area contributed by atoms with Crippen LogP contribution in [-0.4, -0.2) is 44.5 Å². The van der Waals surface area contributed by atoms with Gasteiger partial charge in [0.25, 0.3) is 10.3 Å². The van der Waals surface area contributed by atoms with Gasteiger partial charge in [0.05, 0.1) is 0 Å². The summed E-state index contributed by atoms with van der Waals surface area (Å²) in [6.45, 7) is 6.77. The molecule has 0 unspecified atom stereocenters. The maximum atomic E-state index is 9.22. The van der Waals surface area contributed by atoms with Crippen molar-refractivity contribution in [1.29, 1.82) is 0 Å². The van der Waals surface area contributed by atoms with E-state index in [4.69, 9.17) is 10.2 Å². The van der Waals surface area contributed by atoms with Crippen molar-refractivity contribution in [1.82, 2.24) is 4.90 Å². The van der Waals surface area contributed by atoms with Crippen molar-refractivity contribution in [3.05, 3.63) is 0 Å². The Morgan fingerprint density at radius 3 is 1.38 bits per heavy atom. The molecule has 0 aliphatic rings. The van der Waals surface area contributed by atoms with Gasteiger partial charge in [0.15, 0.2) is 0 Å². The van der Waals surface area contributed by atoms with Crippen LogP contribution in [0.25, 0.3) is 0 Å². The van der Waals surface area contributed by atoms with Gasteiger partial charge < -0.3 is 26.6 Å². The fourth-order valence-corrected chi connectivity index (χ4v) is 0.752. The molecular weight excluding hydrogens is 250 g/mol. The van der Waals surface area contributed by atoms with E-state index in [1.165, 1.54) is 6.92 Å². The summed E-state index contributed by atoms with van der Waals surface area (Å²) >= 11 is 8.37. The lowest BCUT2D eigenvalue weighted by molar-refractivity contribution is -0.115. The van der Waals surface area contributed by atoms with Gasteiger partial charge in [0, 0.05) is 20.0 Å². The Labute approximate surface area is 106 Å². The molecule has 0 aromatic rings. The van der Waals surface area contributed by atoms with Crippen LogP contribution in [0.4, 0.5) is 0 Å². The molecule has 0 aromatic heterocycles. The number of nitrogens with zero attached hydrogens (tertiary/aromatic N) is 1. The van der Waals surface area contributed by atoms with Crippen LogP contribution in [0.3, 0.4) is 0 Å². The monoisotopic (exact) mass is 269 g/mol. The molecule has 6 N–H and O–H groups in total. The fraction of sp³-hybridized carbons (Fsp3) is 0.625. The van der Waals surface area contributed by atoms with Gasteiger partial charge in [-0.15, -0.1) is 0 Å². The van der Waals surface area contributed by atoms with Gasteiger partial charge in [-0.1, -0.05) is 0 Å². The van der Waals surface area contributed by atoms with Gasteiger partial charge in [-0.3, -0.25) is 4.79 Å². The van der Waals surface area contributed by atoms with Gasteiger partial charge in [0.1, 0.15) is 0 Å². The van der Waals surface area contributed by atoms with Crippen molar-refractivity contribution in [3.63, 3.8) is 0 Å². The summed E-state index contributed by atoms with van der Waals surface area (Å²) in [5.74, 6) is -0.333. The number of thiocarbonyl (C=S) groups is 2. The van der Waals surface area contributed by atoms with Crippen molar-refractivity contribution in [3.8, 4) is 0 Å². The number of nitrogens with two attached hydrogens (primary N) is 2. The van der Waals surface area contributed by atoms with Gasteiger partial charge in [-0.05, 0) is 38.3 Å². The van der Waals surface area contributed by atoms with E-state index in [1.54, 1.807) is 4.90 Å². The molecule has 8 heteroatoms. The standard InChI is InChI=1S/C5H11NOS.C2H5NO.CH3NOS/c1-3-6(4-2)5(7)8;1-2(3)4;2-1(3)4/h3-4H2,1-2H3,(H,7,8);1H3,(H2,3,4);(H3,2,3,4). The highest BCUT2D eigenvalue weighted by Gasteiger charge is 1.98. The van der Waals surface area contributed by atoms with E-state index >= 15 is 0 Å². The molecule has 0 bridgehead atoms. The second kappa shape index (κ2) is 13.8. The Kier molecular flexibility index (Phi) is 17.6. The smallest absolute Gasteiger partial charge is 0.256 e. The van der Waals surface area contributed by atoms with Crippen LogP contribution in [0.15, 0.2) is 0 Å². The topological polar surface area (TPSA) is 113 Å². The number of hydrogen-bond donors (Lipinski definition) is 4. The third-order valence-electron chi connectivity index (χ3n) is 1.03. The zero-order valence-corrected chi connectivity index (χ0v) is 11.3. The molecule has 0 saturated carbocycles. The van der Waals surface area contributed by atoms with Gasteiger partial charge in [-0.2, -0.15) is 0 Å². The van der Waals surface area contributed by atoms with Crippen LogP contribution >= 0.6 is 24.4 Å². The molecule has 0 saturated heterocycles. The SMILES string of the molecule is CC(N)=O.CCN(CC)C(O)=S.NC(O)=S. The van der Waals surface area contributed by atoms with E-state index in [0.29, 0.717) is 0 Å². The molecule has 0 radical (unpaired) electrons. The van der Waals surface area contributed by atoms with Crippen molar-refractivity contribution >= 4 is 40.7 Å². The number of primary amides is 1. The summed E-state index contributed by atoms with van der Waals surface area (Å²) in [6.07, 6.45) is 0. The number of hydrogen-bond acceptors (Lipinski definition) is 3. The first-order chi connectivity index (χ1) is 7.18. The Balaban J connectivity index is -0.000000179. The second-order valence-corrected chi connectivity index (χ2v) is 3.19. The van der Waals surface area contributed by atoms with Crippen LogP contribution in [0.1, 0.15) is 20.8 Å². The molecule has 0 aliphatic heterocycles. The number of amides is 1. The number of aliphatic hydroxyl groups excluding tert-OH is 2. The summed E-state index contributed by atoms with van der Waals surface area (Å²) in [7, 11) is 0. The molecule has 16 heavy (non-hydrogen) atoms. The molecule has 0 atom stereocenters. The molecule has 6 nitrogen and oxygen atoms in total. The number of carbonyl (C=O) groups excluding carboxylic acids is 1. The number of carbonyl (C=O) groups is 1. The highest BCUT2D eigenvalue weighted by atomic mass is 32.1. The van der Waals surface area contributed by atoms with E-state index in [0.717, 1.165) is 13.1 Å². The van der Waals surface area contributed by atoms with Crippen LogP contribution in [0.2, 0.25) is 0 Å². The molecule has 0 fully saturated rings. The number of aliphatic hydroxyl groups is 2. The van der Waals surface area contributed by atoms with Crippen molar-refractivity contribution < 1.29 is 15.0 Å². The second-order valence-electron chi connectivity index (χ2n) is 2.40. The first kappa shape index (κ1) is 20.3. The Morgan fingerprint density at radius 2 is 1.38 bits per heavy atom. The normalized spacial score (nSPS) is 7.44. The Morgan fingerprint density at radius 1 is 1.19 bits per heavy atom. The molecule has 0 aliphatic carbocycles. The molecule has 0 rings (SSSR count). The van der Waals surface area contributed by atoms with Gasteiger partial charge >= 0.3 is 0 Å². The summed E-state index contributed by atoms with van der Waals surface area (Å²) in [4.78, 5) is 10.9. The third kappa shape index (κ3) is 38.5. The fourth-order valence-electron chi connectivity index (χ4n) is 0.494. The first-order valence-corrected chi connectivity index (χ1v) is 5.22. The highest BCUT2D eigenvalue weighted by Crippen LogP contribution is 1.85. The van der Waals surface area contributed by atoms with Crippen LogP contribution < -0.4 is 11.5 Å². The molecule has 0 spiro atoms. The Hall–Kier alpha value is -1.15. The van der Waals surface area contributed by atoms with Crippen LogP contribution in [-0.2, 0) is 4.79 Å². The lowest BCUT2D eigenvalue weighted by Crippen LogP contribution is -2.28. The maximum absolute atomic E-state index is 9.22. The van der Waals surface area contributed by atoms with Crippen LogP contribution in [0, 0.1) is 0 Å². The molecule has 0 aromatic carbocycles. The zero-order valence-electron chi connectivity index (χ0n) is 9.64. The largest absolute Gasteiger partial charge is 0.487 e. The van der Waals surface area contributed by atoms with E-state index in [1.807, 2.05) is 13.8 Å². The van der Waals surface area contributed by atoms with Crippen molar-refractivity contribution in [2.75, 3.05) is 13.1 Å². The average Bonchev–Trinajstić information content (AvgIpc) is 2.03. The molecular formula is C8H19N3O3S2. The summed E-state index contributed by atoms with van der Waals surface area (Å²) in [6, 6.07) is 0. The lowest BCUT2D eigenvalue weighted by atomic mass is 10.6. The minimum absolute atomic E-state index is 0.00463. The van der Waals surface area contributed by atoms with Gasteiger partial charge in [0.2, 0.25) is 5.91 Å². The molecule has 96 valence electrons. The van der Waals surface area contributed by atoms with Crippen molar-refractivity contribution in [2.24, 2.45) is 11.5 Å². The number of rotatable bonds is 2. The summed E-state index contributed by atoms with van der Waals surface area (Å²) in [5.41, 5.74) is 8.87. The van der Waals surface area contributed by atoms with Gasteiger partial charge in [-0.25, -0.2) is 0 Å². The van der Waals surface area contributed by atoms with Crippen LogP contribution in [0.5, 0.6) is 0 Å². The predicted molar refractivity (Wildman–Crippen MR) is 72.4 cm³/mol. The molecule has 1 amide bonds.